The molecule has 1 N–H and O–H groups in total. The zero-order chi connectivity index (χ0) is 16.2. The molecule has 1 amide bonds. The fraction of sp³-hybridized carbons (Fsp3) is 0.133. The van der Waals surface area contributed by atoms with Gasteiger partial charge in [0.25, 0.3) is 5.91 Å². The number of para-hydroxylation sites is 1. The molecule has 1 atom stereocenters. The maximum Gasteiger partial charge on any atom is 0.268 e. The Kier molecular flexibility index (Phi) is 4.60. The van der Waals surface area contributed by atoms with E-state index in [0.29, 0.717) is 0 Å². The fourth-order valence-corrected chi connectivity index (χ4v) is 3.22. The smallest absolute Gasteiger partial charge is 0.268 e. The Bertz CT molecular complexity index is 801. The summed E-state index contributed by atoms with van der Waals surface area (Å²) in [6.07, 6.45) is 5.65. The second kappa shape index (κ2) is 6.43. The number of amides is 1. The fourth-order valence-electron chi connectivity index (χ4n) is 1.97. The van der Waals surface area contributed by atoms with Crippen molar-refractivity contribution in [3.8, 4) is 5.75 Å². The molecule has 0 saturated heterocycles. The van der Waals surface area contributed by atoms with Crippen LogP contribution < -0.4 is 9.46 Å². The van der Waals surface area contributed by atoms with E-state index < -0.39 is 21.2 Å². The molecule has 0 aliphatic heterocycles. The highest BCUT2D eigenvalue weighted by Crippen LogP contribution is 2.20. The first kappa shape index (κ1) is 15.8. The largest absolute Gasteiger partial charge is 0.496 e. The molecule has 2 rings (SSSR count). The van der Waals surface area contributed by atoms with E-state index in [2.05, 4.69) is 0 Å². The molecule has 0 fully saturated rings. The third kappa shape index (κ3) is 3.16. The van der Waals surface area contributed by atoms with E-state index in [9.17, 15) is 18.0 Å². The first-order valence-corrected chi connectivity index (χ1v) is 7.83. The maximum absolute atomic E-state index is 12.3. The molecule has 1 aromatic rings. The normalized spacial score (nSPS) is 17.0. The van der Waals surface area contributed by atoms with Crippen LogP contribution in [-0.4, -0.2) is 32.6 Å². The van der Waals surface area contributed by atoms with E-state index in [4.69, 9.17) is 4.74 Å². The van der Waals surface area contributed by atoms with Gasteiger partial charge in [-0.1, -0.05) is 30.4 Å². The van der Waals surface area contributed by atoms with Crippen molar-refractivity contribution in [2.75, 3.05) is 7.11 Å². The lowest BCUT2D eigenvalue weighted by molar-refractivity contribution is 0.0978. The van der Waals surface area contributed by atoms with Crippen molar-refractivity contribution >= 4 is 21.9 Å². The first-order valence-electron chi connectivity index (χ1n) is 6.28. The molecule has 0 saturated carbocycles. The van der Waals surface area contributed by atoms with Crippen LogP contribution in [0.2, 0.25) is 0 Å². The molecule has 1 aliphatic carbocycles. The molecule has 7 heteroatoms. The SMILES string of the molecule is COc1ccccc1C(=O)NS(=O)(=O)C1C=CC=CC1=C=O. The monoisotopic (exact) mass is 319 g/mol. The van der Waals surface area contributed by atoms with E-state index in [1.807, 2.05) is 4.72 Å². The molecule has 0 radical (unpaired) electrons. The summed E-state index contributed by atoms with van der Waals surface area (Å²) in [5.74, 6) is 0.991. The summed E-state index contributed by atoms with van der Waals surface area (Å²) < 4.78 is 31.5. The van der Waals surface area contributed by atoms with Gasteiger partial charge < -0.3 is 4.74 Å². The van der Waals surface area contributed by atoms with E-state index in [-0.39, 0.29) is 16.9 Å². The van der Waals surface area contributed by atoms with Crippen LogP contribution in [-0.2, 0) is 14.8 Å². The summed E-state index contributed by atoms with van der Waals surface area (Å²) >= 11 is 0. The predicted octanol–water partition coefficient (Wildman–Crippen LogP) is 1.01. The number of hydrogen-bond donors (Lipinski definition) is 1. The number of methoxy groups -OCH3 is 1. The molecule has 0 spiro atoms. The van der Waals surface area contributed by atoms with Crippen LogP contribution in [0.4, 0.5) is 0 Å². The van der Waals surface area contributed by atoms with Crippen molar-refractivity contribution in [2.24, 2.45) is 0 Å². The maximum atomic E-state index is 12.3. The van der Waals surface area contributed by atoms with Gasteiger partial charge in [0.2, 0.25) is 10.0 Å². The lowest BCUT2D eigenvalue weighted by atomic mass is 10.1. The van der Waals surface area contributed by atoms with Crippen molar-refractivity contribution in [3.63, 3.8) is 0 Å². The molecule has 6 nitrogen and oxygen atoms in total. The molecule has 1 aromatic carbocycles. The Morgan fingerprint density at radius 2 is 2.00 bits per heavy atom. The second-order valence-corrected chi connectivity index (χ2v) is 6.20. The third-order valence-electron chi connectivity index (χ3n) is 3.02. The molecule has 1 aliphatic rings. The number of hydrogen-bond acceptors (Lipinski definition) is 5. The minimum atomic E-state index is -4.11. The van der Waals surface area contributed by atoms with Crippen LogP contribution in [0.25, 0.3) is 0 Å². The number of carbonyl (C=O) groups is 1. The number of nitrogens with one attached hydrogen (secondary N) is 1. The molecule has 114 valence electrons. The van der Waals surface area contributed by atoms with Gasteiger partial charge in [0.1, 0.15) is 16.9 Å². The molecule has 0 heterocycles. The summed E-state index contributed by atoms with van der Waals surface area (Å²) in [5.41, 5.74) is 0.0170. The zero-order valence-electron chi connectivity index (χ0n) is 11.6. The topological polar surface area (TPSA) is 89.5 Å². The van der Waals surface area contributed by atoms with Crippen molar-refractivity contribution in [2.45, 2.75) is 5.25 Å². The Balaban J connectivity index is 2.29. The number of rotatable bonds is 4. The lowest BCUT2D eigenvalue weighted by Crippen LogP contribution is -2.38. The molecule has 22 heavy (non-hydrogen) atoms. The van der Waals surface area contributed by atoms with Gasteiger partial charge in [0, 0.05) is 0 Å². The van der Waals surface area contributed by atoms with Crippen molar-refractivity contribution in [3.05, 3.63) is 59.7 Å². The Hall–Kier alpha value is -2.63. The number of benzene rings is 1. The number of allylic oxidation sites excluding steroid dienone is 3. The summed E-state index contributed by atoms with van der Waals surface area (Å²) in [4.78, 5) is 23.0. The van der Waals surface area contributed by atoms with Crippen LogP contribution in [0.3, 0.4) is 0 Å². The van der Waals surface area contributed by atoms with Gasteiger partial charge in [-0.05, 0) is 18.2 Å². The molecule has 0 bridgehead atoms. The van der Waals surface area contributed by atoms with E-state index >= 15 is 0 Å². The van der Waals surface area contributed by atoms with E-state index in [1.165, 1.54) is 37.5 Å². The second-order valence-electron chi connectivity index (χ2n) is 4.40. The van der Waals surface area contributed by atoms with Crippen LogP contribution in [0.1, 0.15) is 10.4 Å². The lowest BCUT2D eigenvalue weighted by Gasteiger charge is -2.16. The summed E-state index contributed by atoms with van der Waals surface area (Å²) in [7, 11) is -2.73. The Morgan fingerprint density at radius 3 is 2.68 bits per heavy atom. The van der Waals surface area contributed by atoms with Gasteiger partial charge in [-0.2, -0.15) is 0 Å². The summed E-state index contributed by atoms with van der Waals surface area (Å²) in [5, 5.41) is -1.26. The molecular formula is C15H13NO5S. The first-order chi connectivity index (χ1) is 10.5. The minimum Gasteiger partial charge on any atom is -0.496 e. The Labute approximate surface area is 127 Å². The van der Waals surface area contributed by atoms with Gasteiger partial charge in [-0.15, -0.1) is 0 Å². The molecular weight excluding hydrogens is 306 g/mol. The molecule has 1 unspecified atom stereocenters. The van der Waals surface area contributed by atoms with E-state index in [0.717, 1.165) is 0 Å². The Morgan fingerprint density at radius 1 is 1.27 bits per heavy atom. The van der Waals surface area contributed by atoms with Gasteiger partial charge in [-0.3, -0.25) is 4.79 Å². The van der Waals surface area contributed by atoms with Crippen LogP contribution in [0.15, 0.2) is 54.1 Å². The van der Waals surface area contributed by atoms with Crippen molar-refractivity contribution in [1.29, 1.82) is 0 Å². The molecule has 0 aromatic heterocycles. The highest BCUT2D eigenvalue weighted by molar-refractivity contribution is 7.91. The van der Waals surface area contributed by atoms with Crippen LogP contribution >= 0.6 is 0 Å². The average Bonchev–Trinajstić information content (AvgIpc) is 2.54. The minimum absolute atomic E-state index is 0.0668. The van der Waals surface area contributed by atoms with E-state index in [1.54, 1.807) is 24.1 Å². The number of ether oxygens (including phenoxy) is 1. The average molecular weight is 319 g/mol. The van der Waals surface area contributed by atoms with Gasteiger partial charge in [-0.25, -0.2) is 17.9 Å². The van der Waals surface area contributed by atoms with Gasteiger partial charge in [0.15, 0.2) is 0 Å². The predicted molar refractivity (Wildman–Crippen MR) is 80.7 cm³/mol. The highest BCUT2D eigenvalue weighted by Gasteiger charge is 2.30. The number of carbonyl (C=O) groups excluding carboxylic acids is 2. The van der Waals surface area contributed by atoms with Crippen LogP contribution in [0, 0.1) is 0 Å². The highest BCUT2D eigenvalue weighted by atomic mass is 32.2. The van der Waals surface area contributed by atoms with Crippen molar-refractivity contribution in [1.82, 2.24) is 4.72 Å². The van der Waals surface area contributed by atoms with Gasteiger partial charge in [0.05, 0.1) is 18.2 Å². The zero-order valence-corrected chi connectivity index (χ0v) is 12.5. The summed E-state index contributed by atoms with van der Waals surface area (Å²) in [6.45, 7) is 0. The van der Waals surface area contributed by atoms with Crippen LogP contribution in [0.5, 0.6) is 5.75 Å². The number of sulfonamides is 1. The van der Waals surface area contributed by atoms with Crippen molar-refractivity contribution < 1.29 is 22.7 Å². The summed E-state index contributed by atoms with van der Waals surface area (Å²) in [6, 6.07) is 6.23. The third-order valence-corrected chi connectivity index (χ3v) is 4.57. The quantitative estimate of drug-likeness (QED) is 0.837. The standard InChI is InChI=1S/C15H13NO5S/c1-21-13-8-4-3-7-12(13)15(18)16-22(19,20)14-9-5-2-6-11(14)10-17/h2-9,14H,1H3,(H,16,18). The van der Waals surface area contributed by atoms with Gasteiger partial charge >= 0.3 is 0 Å².